The van der Waals surface area contributed by atoms with Crippen molar-refractivity contribution in [3.8, 4) is 45.3 Å². The van der Waals surface area contributed by atoms with Crippen LogP contribution in [0.4, 0.5) is 0 Å². The van der Waals surface area contributed by atoms with E-state index in [4.69, 9.17) is 23.8 Å². The van der Waals surface area contributed by atoms with Crippen LogP contribution in [0.1, 0.15) is 0 Å². The molecule has 0 unspecified atom stereocenters. The summed E-state index contributed by atoms with van der Waals surface area (Å²) in [6, 6.07) is 56.9. The van der Waals surface area contributed by atoms with Crippen LogP contribution in [0.3, 0.4) is 0 Å². The van der Waals surface area contributed by atoms with Gasteiger partial charge in [-0.1, -0.05) is 109 Å². The molecule has 12 aromatic rings. The molecule has 0 aliphatic heterocycles. The first-order chi connectivity index (χ1) is 27.2. The number of hydrogen-bond donors (Lipinski definition) is 0. The molecule has 0 radical (unpaired) electrons. The van der Waals surface area contributed by atoms with Crippen molar-refractivity contribution in [1.29, 1.82) is 0 Å². The lowest BCUT2D eigenvalue weighted by atomic mass is 9.98. The number of aromatic nitrogens is 3. The Morgan fingerprint density at radius 2 is 0.945 bits per heavy atom. The zero-order valence-corrected chi connectivity index (χ0v) is 30.0. The van der Waals surface area contributed by atoms with Gasteiger partial charge < -0.3 is 8.83 Å². The molecule has 0 aliphatic rings. The van der Waals surface area contributed by atoms with Crippen LogP contribution < -0.4 is 0 Å². The number of thiophene rings is 1. The van der Waals surface area contributed by atoms with Gasteiger partial charge in [0.15, 0.2) is 17.5 Å². The summed E-state index contributed by atoms with van der Waals surface area (Å²) in [6.45, 7) is 0. The minimum absolute atomic E-state index is 0.568. The molecule has 0 atom stereocenters. The van der Waals surface area contributed by atoms with Gasteiger partial charge in [0.25, 0.3) is 0 Å². The van der Waals surface area contributed by atoms with Crippen LogP contribution in [-0.4, -0.2) is 15.0 Å². The number of furan rings is 2. The quantitative estimate of drug-likeness (QED) is 0.181. The normalized spacial score (nSPS) is 12.0. The highest BCUT2D eigenvalue weighted by Gasteiger charge is 2.20. The third kappa shape index (κ3) is 4.75. The SMILES string of the molecule is c1ccc2cc(-c3nc(-c4ccc5c(c4)oc4ccccc45)nc(-c4cccc5oc6cc(-c7cccc8sc9ccccc9c78)ccc6c45)n3)ccc2c1. The summed E-state index contributed by atoms with van der Waals surface area (Å²) in [4.78, 5) is 15.5. The molecular weight excluding hydrogens is 695 g/mol. The Morgan fingerprint density at radius 3 is 1.87 bits per heavy atom. The first-order valence-corrected chi connectivity index (χ1v) is 19.1. The van der Waals surface area contributed by atoms with E-state index in [1.807, 2.05) is 47.7 Å². The number of fused-ring (bicyclic) bond motifs is 10. The highest BCUT2D eigenvalue weighted by molar-refractivity contribution is 7.25. The molecule has 0 saturated heterocycles. The molecule has 55 heavy (non-hydrogen) atoms. The zero-order chi connectivity index (χ0) is 36.0. The van der Waals surface area contributed by atoms with E-state index in [-0.39, 0.29) is 0 Å². The highest BCUT2D eigenvalue weighted by Crippen LogP contribution is 2.43. The van der Waals surface area contributed by atoms with Crippen molar-refractivity contribution < 1.29 is 8.83 Å². The Morgan fingerprint density at radius 1 is 0.345 bits per heavy atom. The summed E-state index contributed by atoms with van der Waals surface area (Å²) >= 11 is 1.83. The molecule has 8 aromatic carbocycles. The van der Waals surface area contributed by atoms with E-state index < -0.39 is 0 Å². The summed E-state index contributed by atoms with van der Waals surface area (Å²) in [6.07, 6.45) is 0. The number of nitrogens with zero attached hydrogens (tertiary/aromatic N) is 3. The van der Waals surface area contributed by atoms with Gasteiger partial charge in [0.05, 0.1) is 0 Å². The summed E-state index contributed by atoms with van der Waals surface area (Å²) in [5.41, 5.74) is 8.19. The first kappa shape index (κ1) is 30.3. The van der Waals surface area contributed by atoms with Gasteiger partial charge in [-0.25, -0.2) is 15.0 Å². The minimum Gasteiger partial charge on any atom is -0.456 e. The van der Waals surface area contributed by atoms with Gasteiger partial charge >= 0.3 is 0 Å². The molecule has 0 spiro atoms. The van der Waals surface area contributed by atoms with Crippen molar-refractivity contribution in [3.63, 3.8) is 0 Å². The molecule has 0 fully saturated rings. The lowest BCUT2D eigenvalue weighted by Crippen LogP contribution is -2.00. The van der Waals surface area contributed by atoms with E-state index in [1.165, 1.54) is 25.7 Å². The molecular formula is C49H27N3O2S. The molecule has 0 bridgehead atoms. The van der Waals surface area contributed by atoms with Crippen molar-refractivity contribution in [1.82, 2.24) is 15.0 Å². The minimum atomic E-state index is 0.568. The standard InChI is InChI=1S/C49H27N3O2S/c1-2-10-29-25-31(20-19-28(29)9-1)47-50-48(32-22-23-35-34-11-3-5-15-39(34)53-41(35)27-32)52-49(51-47)38-14-7-16-40-45(38)36-24-21-30(26-42(36)54-40)33-13-8-18-44-46(33)37-12-4-6-17-43(37)55-44/h1-27H. The Bertz CT molecular complexity index is 3520. The summed E-state index contributed by atoms with van der Waals surface area (Å²) in [5.74, 6) is 1.74. The number of hydrogen-bond acceptors (Lipinski definition) is 6. The molecule has 256 valence electrons. The second-order valence-electron chi connectivity index (χ2n) is 13.9. The van der Waals surface area contributed by atoms with E-state index in [2.05, 4.69) is 127 Å². The summed E-state index contributed by atoms with van der Waals surface area (Å²) in [7, 11) is 0. The van der Waals surface area contributed by atoms with E-state index in [9.17, 15) is 0 Å². The predicted octanol–water partition coefficient (Wildman–Crippen LogP) is 13.9. The van der Waals surface area contributed by atoms with Crippen LogP contribution in [-0.2, 0) is 0 Å². The zero-order valence-electron chi connectivity index (χ0n) is 29.2. The van der Waals surface area contributed by atoms with E-state index >= 15 is 0 Å². The monoisotopic (exact) mass is 721 g/mol. The second kappa shape index (κ2) is 11.7. The summed E-state index contributed by atoms with van der Waals surface area (Å²) < 4.78 is 15.5. The van der Waals surface area contributed by atoms with E-state index in [0.29, 0.717) is 17.5 Å². The van der Waals surface area contributed by atoms with Gasteiger partial charge in [-0.2, -0.15) is 0 Å². The topological polar surface area (TPSA) is 65.0 Å². The number of para-hydroxylation sites is 1. The highest BCUT2D eigenvalue weighted by atomic mass is 32.1. The van der Waals surface area contributed by atoms with Crippen molar-refractivity contribution in [2.24, 2.45) is 0 Å². The van der Waals surface area contributed by atoms with Gasteiger partial charge in [-0.3, -0.25) is 0 Å². The molecule has 4 heterocycles. The van der Waals surface area contributed by atoms with Crippen molar-refractivity contribution in [2.45, 2.75) is 0 Å². The Kier molecular flexibility index (Phi) is 6.44. The van der Waals surface area contributed by atoms with Gasteiger partial charge in [-0.15, -0.1) is 11.3 Å². The Hall–Kier alpha value is -7.15. The molecule has 6 heteroatoms. The van der Waals surface area contributed by atoms with Crippen LogP contribution in [0.25, 0.3) is 120 Å². The fourth-order valence-corrected chi connectivity index (χ4v) is 9.28. The largest absolute Gasteiger partial charge is 0.456 e. The third-order valence-electron chi connectivity index (χ3n) is 10.7. The maximum atomic E-state index is 6.63. The van der Waals surface area contributed by atoms with Gasteiger partial charge in [0, 0.05) is 58.4 Å². The van der Waals surface area contributed by atoms with Gasteiger partial charge in [0.1, 0.15) is 22.3 Å². The van der Waals surface area contributed by atoms with Crippen molar-refractivity contribution in [3.05, 3.63) is 164 Å². The second-order valence-corrected chi connectivity index (χ2v) is 15.0. The van der Waals surface area contributed by atoms with Crippen molar-refractivity contribution >= 4 is 86.2 Å². The molecule has 5 nitrogen and oxygen atoms in total. The fourth-order valence-electron chi connectivity index (χ4n) is 8.14. The van der Waals surface area contributed by atoms with Crippen LogP contribution in [0, 0.1) is 0 Å². The molecule has 0 saturated carbocycles. The number of rotatable bonds is 4. The molecule has 12 rings (SSSR count). The molecule has 0 N–H and O–H groups in total. The third-order valence-corrected chi connectivity index (χ3v) is 11.9. The molecule has 4 aromatic heterocycles. The maximum Gasteiger partial charge on any atom is 0.164 e. The van der Waals surface area contributed by atoms with Crippen LogP contribution in [0.5, 0.6) is 0 Å². The summed E-state index contributed by atoms with van der Waals surface area (Å²) in [5, 5.41) is 8.95. The predicted molar refractivity (Wildman–Crippen MR) is 227 cm³/mol. The Balaban J connectivity index is 1.06. The van der Waals surface area contributed by atoms with Crippen LogP contribution in [0.2, 0.25) is 0 Å². The first-order valence-electron chi connectivity index (χ1n) is 18.3. The lowest BCUT2D eigenvalue weighted by molar-refractivity contribution is 0.668. The molecule has 0 aliphatic carbocycles. The fraction of sp³-hybridized carbons (Fsp3) is 0. The molecule has 0 amide bonds. The Labute approximate surface area is 317 Å². The van der Waals surface area contributed by atoms with E-state index in [1.54, 1.807) is 0 Å². The van der Waals surface area contributed by atoms with Gasteiger partial charge in [0.2, 0.25) is 0 Å². The van der Waals surface area contributed by atoms with Crippen molar-refractivity contribution in [2.75, 3.05) is 0 Å². The van der Waals surface area contributed by atoms with Crippen LogP contribution in [0.15, 0.2) is 173 Å². The maximum absolute atomic E-state index is 6.63. The smallest absolute Gasteiger partial charge is 0.164 e. The average Bonchev–Trinajstić information content (AvgIpc) is 3.94. The van der Waals surface area contributed by atoms with Gasteiger partial charge in [-0.05, 0) is 76.5 Å². The lowest BCUT2D eigenvalue weighted by Gasteiger charge is -2.10. The van der Waals surface area contributed by atoms with E-state index in [0.717, 1.165) is 76.9 Å². The van der Waals surface area contributed by atoms with Crippen LogP contribution >= 0.6 is 11.3 Å². The number of benzene rings is 8. The average molecular weight is 722 g/mol.